The number of carbonyl (C=O) groups is 1. The molecule has 7 nitrogen and oxygen atoms in total. The number of carbonyl (C=O) groups excluding carboxylic acids is 1. The van der Waals surface area contributed by atoms with Crippen LogP contribution in [0.5, 0.6) is 11.5 Å². The van der Waals surface area contributed by atoms with Gasteiger partial charge in [0.05, 0.1) is 44.0 Å². The van der Waals surface area contributed by atoms with E-state index < -0.39 is 6.04 Å². The van der Waals surface area contributed by atoms with Crippen molar-refractivity contribution in [3.63, 3.8) is 0 Å². The molecule has 0 aliphatic carbocycles. The van der Waals surface area contributed by atoms with E-state index in [-0.39, 0.29) is 23.6 Å². The molecule has 2 aromatic heterocycles. The van der Waals surface area contributed by atoms with Crippen molar-refractivity contribution in [2.24, 2.45) is 0 Å². The minimum absolute atomic E-state index is 0.0534. The van der Waals surface area contributed by atoms with Crippen molar-refractivity contribution in [2.75, 3.05) is 14.2 Å². The summed E-state index contributed by atoms with van der Waals surface area (Å²) in [5.74, 6) is 1.35. The molecule has 0 radical (unpaired) electrons. The average Bonchev–Trinajstić information content (AvgIpc) is 3.41. The van der Waals surface area contributed by atoms with Gasteiger partial charge in [0.25, 0.3) is 5.91 Å². The summed E-state index contributed by atoms with van der Waals surface area (Å²) in [6, 6.07) is 13.6. The maximum Gasteiger partial charge on any atom is 0.291 e. The smallest absolute Gasteiger partial charge is 0.291 e. The largest absolute Gasteiger partial charge is 0.493 e. The third-order valence-electron chi connectivity index (χ3n) is 5.75. The lowest BCUT2D eigenvalue weighted by Gasteiger charge is -2.25. The van der Waals surface area contributed by atoms with E-state index in [0.29, 0.717) is 39.4 Å². The second-order valence-corrected chi connectivity index (χ2v) is 7.70. The maximum absolute atomic E-state index is 13.6. The third kappa shape index (κ3) is 3.05. The molecule has 1 atom stereocenters. The first kappa shape index (κ1) is 19.9. The number of furan rings is 1. The van der Waals surface area contributed by atoms with E-state index in [1.54, 1.807) is 61.8 Å². The van der Waals surface area contributed by atoms with E-state index >= 15 is 0 Å². The van der Waals surface area contributed by atoms with Crippen molar-refractivity contribution >= 4 is 16.9 Å². The zero-order valence-electron chi connectivity index (χ0n) is 17.9. The second kappa shape index (κ2) is 7.60. The molecule has 1 amide bonds. The third-order valence-corrected chi connectivity index (χ3v) is 5.75. The lowest BCUT2D eigenvalue weighted by atomic mass is 9.97. The van der Waals surface area contributed by atoms with Gasteiger partial charge in [0, 0.05) is 0 Å². The van der Waals surface area contributed by atoms with Crippen molar-refractivity contribution in [2.45, 2.75) is 19.5 Å². The molecule has 5 rings (SSSR count). The van der Waals surface area contributed by atoms with Crippen molar-refractivity contribution in [1.29, 1.82) is 0 Å². The van der Waals surface area contributed by atoms with Gasteiger partial charge in [0.2, 0.25) is 5.76 Å². The summed E-state index contributed by atoms with van der Waals surface area (Å²) in [6.07, 6.45) is 1.55. The zero-order chi connectivity index (χ0) is 22.4. The SMILES string of the molecule is COc1ccc([C@@H]2c3c(oc4ccc(C)cc4c3=O)C(=O)N2Cc2ccco2)cc1OC. The number of nitrogens with zero attached hydrogens (tertiary/aromatic N) is 1. The molecule has 2 aromatic carbocycles. The van der Waals surface area contributed by atoms with Crippen LogP contribution in [-0.4, -0.2) is 25.0 Å². The number of ether oxygens (including phenoxy) is 2. The van der Waals surface area contributed by atoms with Crippen LogP contribution in [0, 0.1) is 6.92 Å². The molecule has 3 heterocycles. The van der Waals surface area contributed by atoms with E-state index in [0.717, 1.165) is 5.56 Å². The monoisotopic (exact) mass is 431 g/mol. The molecule has 4 aromatic rings. The molecule has 0 N–H and O–H groups in total. The molecule has 0 fully saturated rings. The van der Waals surface area contributed by atoms with Gasteiger partial charge in [-0.2, -0.15) is 0 Å². The Kier molecular flexibility index (Phi) is 4.74. The van der Waals surface area contributed by atoms with Crippen LogP contribution >= 0.6 is 0 Å². The van der Waals surface area contributed by atoms with Crippen LogP contribution in [0.3, 0.4) is 0 Å². The highest BCUT2D eigenvalue weighted by Gasteiger charge is 2.43. The highest BCUT2D eigenvalue weighted by atomic mass is 16.5. The van der Waals surface area contributed by atoms with Crippen LogP contribution in [0.4, 0.5) is 0 Å². The minimum Gasteiger partial charge on any atom is -0.493 e. The van der Waals surface area contributed by atoms with Gasteiger partial charge in [-0.1, -0.05) is 17.7 Å². The molecule has 1 aliphatic heterocycles. The Labute approximate surface area is 183 Å². The number of methoxy groups -OCH3 is 2. The number of amides is 1. The Morgan fingerprint density at radius 2 is 1.81 bits per heavy atom. The Balaban J connectivity index is 1.75. The summed E-state index contributed by atoms with van der Waals surface area (Å²) >= 11 is 0. The summed E-state index contributed by atoms with van der Waals surface area (Å²) in [5.41, 5.74) is 2.12. The van der Waals surface area contributed by atoms with E-state index in [1.165, 1.54) is 0 Å². The first-order valence-electron chi connectivity index (χ1n) is 10.1. The Morgan fingerprint density at radius 1 is 1.00 bits per heavy atom. The average molecular weight is 431 g/mol. The molecule has 7 heteroatoms. The molecule has 1 aliphatic rings. The van der Waals surface area contributed by atoms with Crippen LogP contribution in [-0.2, 0) is 6.54 Å². The summed E-state index contributed by atoms with van der Waals surface area (Å²) in [6.45, 7) is 2.09. The highest BCUT2D eigenvalue weighted by molar-refractivity contribution is 5.99. The molecule has 0 unspecified atom stereocenters. The normalized spacial score (nSPS) is 15.3. The quantitative estimate of drug-likeness (QED) is 0.464. The van der Waals surface area contributed by atoms with Crippen LogP contribution < -0.4 is 14.9 Å². The van der Waals surface area contributed by atoms with Crippen LogP contribution in [0.25, 0.3) is 11.0 Å². The van der Waals surface area contributed by atoms with E-state index in [9.17, 15) is 9.59 Å². The van der Waals surface area contributed by atoms with Crippen molar-refractivity contribution in [3.8, 4) is 11.5 Å². The maximum atomic E-state index is 13.6. The van der Waals surface area contributed by atoms with Crippen molar-refractivity contribution < 1.29 is 23.1 Å². The molecule has 162 valence electrons. The van der Waals surface area contributed by atoms with Crippen molar-refractivity contribution in [1.82, 2.24) is 4.90 Å². The molecule has 0 saturated carbocycles. The van der Waals surface area contributed by atoms with Crippen LogP contribution in [0.2, 0.25) is 0 Å². The van der Waals surface area contributed by atoms with Gasteiger partial charge in [-0.05, 0) is 48.9 Å². The number of aryl methyl sites for hydroxylation is 1. The highest BCUT2D eigenvalue weighted by Crippen LogP contribution is 2.41. The Bertz CT molecular complexity index is 1390. The second-order valence-electron chi connectivity index (χ2n) is 7.70. The number of rotatable bonds is 5. The fourth-order valence-corrected chi connectivity index (χ4v) is 4.24. The zero-order valence-corrected chi connectivity index (χ0v) is 17.9. The van der Waals surface area contributed by atoms with E-state index in [4.69, 9.17) is 18.3 Å². The van der Waals surface area contributed by atoms with Gasteiger partial charge < -0.3 is 23.2 Å². The lowest BCUT2D eigenvalue weighted by molar-refractivity contribution is 0.0701. The summed E-state index contributed by atoms with van der Waals surface area (Å²) in [5, 5.41) is 0.446. The van der Waals surface area contributed by atoms with Gasteiger partial charge in [0.1, 0.15) is 11.3 Å². The number of hydrogen-bond donors (Lipinski definition) is 0. The summed E-state index contributed by atoms with van der Waals surface area (Å²) in [7, 11) is 3.10. The predicted octanol–water partition coefficient (Wildman–Crippen LogP) is 4.46. The number of benzene rings is 2. The summed E-state index contributed by atoms with van der Waals surface area (Å²) in [4.78, 5) is 28.6. The molecular weight excluding hydrogens is 410 g/mol. The van der Waals surface area contributed by atoms with Gasteiger partial charge in [-0.3, -0.25) is 9.59 Å². The van der Waals surface area contributed by atoms with E-state index in [2.05, 4.69) is 0 Å². The topological polar surface area (TPSA) is 82.1 Å². The van der Waals surface area contributed by atoms with Gasteiger partial charge in [-0.25, -0.2) is 0 Å². The van der Waals surface area contributed by atoms with Crippen LogP contribution in [0.1, 0.15) is 39.0 Å². The van der Waals surface area contributed by atoms with Gasteiger partial charge in [0.15, 0.2) is 16.9 Å². The van der Waals surface area contributed by atoms with Crippen molar-refractivity contribution in [3.05, 3.63) is 93.2 Å². The van der Waals surface area contributed by atoms with Crippen LogP contribution in [0.15, 0.2) is 68.4 Å². The number of hydrogen-bond acceptors (Lipinski definition) is 6. The molecule has 0 bridgehead atoms. The Hall–Kier alpha value is -4.00. The minimum atomic E-state index is -0.663. The first-order valence-corrected chi connectivity index (χ1v) is 10.1. The fourth-order valence-electron chi connectivity index (χ4n) is 4.24. The summed E-state index contributed by atoms with van der Waals surface area (Å²) < 4.78 is 22.3. The standard InChI is InChI=1S/C25H21NO6/c1-14-6-8-18-17(11-14)23(27)21-22(15-7-9-19(29-2)20(12-15)30-3)26(25(28)24(21)32-18)13-16-5-4-10-31-16/h4-12,22H,13H2,1-3H3/t22-/m1/s1. The predicted molar refractivity (Wildman–Crippen MR) is 117 cm³/mol. The molecule has 0 saturated heterocycles. The van der Waals surface area contributed by atoms with E-state index in [1.807, 2.05) is 19.1 Å². The number of fused-ring (bicyclic) bond motifs is 2. The first-order chi connectivity index (χ1) is 15.5. The van der Waals surface area contributed by atoms with Gasteiger partial charge in [-0.15, -0.1) is 0 Å². The lowest BCUT2D eigenvalue weighted by Crippen LogP contribution is -2.29. The van der Waals surface area contributed by atoms with Gasteiger partial charge >= 0.3 is 0 Å². The molecular formula is C25H21NO6. The molecule has 0 spiro atoms. The fraction of sp³-hybridized carbons (Fsp3) is 0.200. The molecule has 32 heavy (non-hydrogen) atoms. The Morgan fingerprint density at radius 3 is 2.53 bits per heavy atom.